The minimum Gasteiger partial charge on any atom is -0.345 e. The molecule has 0 unspecified atom stereocenters. The van der Waals surface area contributed by atoms with E-state index in [0.717, 1.165) is 0 Å². The number of nitrogens with one attached hydrogen (secondary N) is 2. The number of H-pyrrole nitrogens is 1. The number of hydrogen-bond donors (Lipinski definition) is 2. The van der Waals surface area contributed by atoms with Gasteiger partial charge in [-0.1, -0.05) is 42.0 Å². The summed E-state index contributed by atoms with van der Waals surface area (Å²) in [7, 11) is 0. The third-order valence-electron chi connectivity index (χ3n) is 4.41. The first kappa shape index (κ1) is 19.5. The molecule has 1 aliphatic heterocycles. The van der Waals surface area contributed by atoms with Gasteiger partial charge in [0.1, 0.15) is 0 Å². The summed E-state index contributed by atoms with van der Waals surface area (Å²) in [4.78, 5) is 33.4. The maximum Gasteiger partial charge on any atom is 0.437 e. The van der Waals surface area contributed by atoms with Crippen LogP contribution in [0, 0.1) is 0 Å². The molecule has 2 N–H and O–H groups in total. The number of carbonyl (C=O) groups is 1. The summed E-state index contributed by atoms with van der Waals surface area (Å²) in [6, 6.07) is 18.3. The molecule has 1 saturated heterocycles. The molecule has 12 heteroatoms. The summed E-state index contributed by atoms with van der Waals surface area (Å²) in [6.07, 6.45) is 1.27. The maximum atomic E-state index is 12.2. The molecule has 0 aliphatic carbocycles. The lowest BCUT2D eigenvalue weighted by Gasteiger charge is -2.14. The molecule has 5 rings (SSSR count). The van der Waals surface area contributed by atoms with Crippen LogP contribution in [0.5, 0.6) is 0 Å². The van der Waals surface area contributed by atoms with E-state index in [2.05, 4.69) is 26.1 Å². The van der Waals surface area contributed by atoms with Crippen molar-refractivity contribution in [3.05, 3.63) is 88.4 Å². The van der Waals surface area contributed by atoms with Gasteiger partial charge in [-0.15, -0.1) is 16.5 Å². The first-order valence-electron chi connectivity index (χ1n) is 9.28. The van der Waals surface area contributed by atoms with E-state index >= 15 is 0 Å². The number of hydrazine groups is 1. The van der Waals surface area contributed by atoms with Crippen LogP contribution in [0.25, 0.3) is 17.1 Å². The highest BCUT2D eigenvalue weighted by Gasteiger charge is 2.29. The van der Waals surface area contributed by atoms with Gasteiger partial charge in [0.25, 0.3) is 0 Å². The van der Waals surface area contributed by atoms with Crippen molar-refractivity contribution in [1.29, 1.82) is 0 Å². The minimum atomic E-state index is -0.596. The lowest BCUT2D eigenvalue weighted by Crippen LogP contribution is -2.36. The van der Waals surface area contributed by atoms with Crippen LogP contribution in [0.1, 0.15) is 0 Å². The Morgan fingerprint density at radius 3 is 2.59 bits per heavy atom. The molecule has 32 heavy (non-hydrogen) atoms. The smallest absolute Gasteiger partial charge is 0.345 e. The number of aromatic amines is 1. The van der Waals surface area contributed by atoms with Gasteiger partial charge in [-0.3, -0.25) is 4.52 Å². The van der Waals surface area contributed by atoms with Gasteiger partial charge in [0.05, 0.1) is 11.9 Å². The van der Waals surface area contributed by atoms with Crippen molar-refractivity contribution in [2.75, 3.05) is 5.01 Å². The molecular formula is C20H14N7O4S+. The number of hydrogen-bond acceptors (Lipinski definition) is 10. The number of rotatable bonds is 5. The van der Waals surface area contributed by atoms with Gasteiger partial charge in [-0.05, 0) is 22.1 Å². The highest BCUT2D eigenvalue weighted by Crippen LogP contribution is 2.25. The summed E-state index contributed by atoms with van der Waals surface area (Å²) >= 11 is 1.19. The van der Waals surface area contributed by atoms with Crippen molar-refractivity contribution >= 4 is 28.1 Å². The summed E-state index contributed by atoms with van der Waals surface area (Å²) in [5.41, 5.74) is 4.12. The maximum absolute atomic E-state index is 12.2. The van der Waals surface area contributed by atoms with Gasteiger partial charge in [0.2, 0.25) is 10.8 Å². The fraction of sp³-hybridized carbons (Fsp3) is 0. The number of para-hydroxylation sites is 2. The fourth-order valence-electron chi connectivity index (χ4n) is 2.96. The first-order chi connectivity index (χ1) is 15.7. The Morgan fingerprint density at radius 2 is 1.81 bits per heavy atom. The summed E-state index contributed by atoms with van der Waals surface area (Å²) in [6.45, 7) is 0. The van der Waals surface area contributed by atoms with Crippen molar-refractivity contribution in [3.8, 4) is 17.1 Å². The van der Waals surface area contributed by atoms with E-state index in [1.165, 1.54) is 27.2 Å². The van der Waals surface area contributed by atoms with E-state index in [4.69, 9.17) is 9.36 Å². The summed E-state index contributed by atoms with van der Waals surface area (Å²) in [5, 5.41) is 14.0. The van der Waals surface area contributed by atoms with E-state index in [1.807, 2.05) is 48.5 Å². The Balaban J connectivity index is 1.40. The molecular weight excluding hydrogens is 434 g/mol. The van der Waals surface area contributed by atoms with E-state index < -0.39 is 11.6 Å². The molecule has 2 aromatic heterocycles. The largest absolute Gasteiger partial charge is 0.437 e. The molecule has 1 fully saturated rings. The van der Waals surface area contributed by atoms with Crippen LogP contribution in [0.15, 0.2) is 97.5 Å². The molecule has 2 aromatic carbocycles. The number of aromatic nitrogens is 3. The molecule has 0 bridgehead atoms. The quantitative estimate of drug-likeness (QED) is 0.273. The number of nitrogens with zero attached hydrogens (tertiary/aromatic N) is 5. The van der Waals surface area contributed by atoms with Crippen molar-refractivity contribution in [1.82, 2.24) is 15.8 Å². The Hall–Kier alpha value is -4.42. The molecule has 1 aliphatic rings. The molecule has 0 radical (unpaired) electrons. The van der Waals surface area contributed by atoms with Crippen molar-refractivity contribution in [2.45, 2.75) is 0 Å². The van der Waals surface area contributed by atoms with E-state index in [1.54, 1.807) is 17.5 Å². The van der Waals surface area contributed by atoms with Gasteiger partial charge in [-0.25, -0.2) is 19.6 Å². The van der Waals surface area contributed by atoms with Gasteiger partial charge in [-0.2, -0.15) is 5.11 Å². The molecule has 0 amide bonds. The minimum absolute atomic E-state index is 0.157. The Bertz CT molecular complexity index is 1380. The lowest BCUT2D eigenvalue weighted by molar-refractivity contribution is -0.660. The second-order valence-corrected chi connectivity index (χ2v) is 7.23. The second kappa shape index (κ2) is 8.37. The predicted molar refractivity (Wildman–Crippen MR) is 113 cm³/mol. The number of azo groups is 1. The first-order valence-corrected chi connectivity index (χ1v) is 10.2. The molecule has 0 atom stereocenters. The van der Waals surface area contributed by atoms with Crippen LogP contribution in [0.2, 0.25) is 0 Å². The molecule has 0 spiro atoms. The molecule has 3 heterocycles. The normalized spacial score (nSPS) is 15.1. The SMILES string of the molecule is O=C1ONN(c2ccccc2)/C1=C/N=Nc1nc(-c2c(=O)o[nH][n+]2-c2ccccc2)cs1. The Labute approximate surface area is 183 Å². The third kappa shape index (κ3) is 3.71. The highest BCUT2D eigenvalue weighted by molar-refractivity contribution is 7.13. The molecule has 11 nitrogen and oxygen atoms in total. The Morgan fingerprint density at radius 1 is 1.06 bits per heavy atom. The average molecular weight is 448 g/mol. The van der Waals surface area contributed by atoms with Gasteiger partial charge in [0.15, 0.2) is 11.4 Å². The van der Waals surface area contributed by atoms with Crippen LogP contribution in [-0.4, -0.2) is 16.2 Å². The average Bonchev–Trinajstić information content (AvgIpc) is 3.54. The monoisotopic (exact) mass is 448 g/mol. The van der Waals surface area contributed by atoms with Crippen molar-refractivity contribution in [3.63, 3.8) is 0 Å². The van der Waals surface area contributed by atoms with Gasteiger partial charge in [0, 0.05) is 17.5 Å². The second-order valence-electron chi connectivity index (χ2n) is 6.40. The van der Waals surface area contributed by atoms with Crippen LogP contribution in [0.4, 0.5) is 10.8 Å². The number of anilines is 1. The number of thiazole rings is 1. The van der Waals surface area contributed by atoms with Crippen LogP contribution in [0.3, 0.4) is 0 Å². The number of benzene rings is 2. The number of carbonyl (C=O) groups excluding carboxylic acids is 1. The standard InChI is InChI=1S/C20H13N7O4S/c28-18-16(26(24-30-18)13-7-3-1-4-8-13)11-21-23-20-22-15(12-32-20)17-19(29)31-25-27(17)14-9-5-2-6-10-14/h1-12,24H/p+1/b16-11+,23-21?. The van der Waals surface area contributed by atoms with Gasteiger partial charge < -0.3 is 4.84 Å². The third-order valence-corrected chi connectivity index (χ3v) is 5.14. The van der Waals surface area contributed by atoms with Crippen LogP contribution in [-0.2, 0) is 9.63 Å². The topological polar surface area (TPSA) is 129 Å². The van der Waals surface area contributed by atoms with Crippen molar-refractivity contribution < 1.29 is 18.8 Å². The Kier molecular flexibility index (Phi) is 5.11. The molecule has 158 valence electrons. The predicted octanol–water partition coefficient (Wildman–Crippen LogP) is 2.78. The van der Waals surface area contributed by atoms with E-state index in [9.17, 15) is 9.59 Å². The van der Waals surface area contributed by atoms with E-state index in [0.29, 0.717) is 22.2 Å². The zero-order chi connectivity index (χ0) is 21.9. The zero-order valence-electron chi connectivity index (χ0n) is 16.2. The fourth-order valence-corrected chi connectivity index (χ4v) is 3.59. The van der Waals surface area contributed by atoms with Crippen LogP contribution >= 0.6 is 11.3 Å². The molecule has 0 saturated carbocycles. The van der Waals surface area contributed by atoms with E-state index in [-0.39, 0.29) is 11.4 Å². The molecule has 4 aromatic rings. The summed E-state index contributed by atoms with van der Waals surface area (Å²) in [5.74, 6) is -0.596. The summed E-state index contributed by atoms with van der Waals surface area (Å²) < 4.78 is 6.45. The van der Waals surface area contributed by atoms with Crippen molar-refractivity contribution in [2.24, 2.45) is 10.2 Å². The highest BCUT2D eigenvalue weighted by atomic mass is 32.1. The lowest BCUT2D eigenvalue weighted by atomic mass is 10.3. The zero-order valence-corrected chi connectivity index (χ0v) is 17.0. The van der Waals surface area contributed by atoms with Crippen LogP contribution < -0.4 is 20.9 Å². The van der Waals surface area contributed by atoms with Gasteiger partial charge >= 0.3 is 17.3 Å².